The summed E-state index contributed by atoms with van der Waals surface area (Å²) >= 11 is 0. The minimum atomic E-state index is -0.522. The van der Waals surface area contributed by atoms with Gasteiger partial charge in [-0.3, -0.25) is 14.6 Å². The van der Waals surface area contributed by atoms with E-state index in [9.17, 15) is 9.59 Å². The molecule has 3 heterocycles. The minimum absolute atomic E-state index is 0.0356. The highest BCUT2D eigenvalue weighted by Crippen LogP contribution is 2.32. The fourth-order valence-corrected chi connectivity index (χ4v) is 3.78. The molecule has 0 saturated carbocycles. The molecular weight excluding hydrogens is 356 g/mol. The zero-order chi connectivity index (χ0) is 19.8. The number of benzene rings is 1. The third-order valence-electron chi connectivity index (χ3n) is 5.41. The van der Waals surface area contributed by atoms with Gasteiger partial charge in [-0.1, -0.05) is 0 Å². The van der Waals surface area contributed by atoms with Gasteiger partial charge >= 0.3 is 0 Å². The van der Waals surface area contributed by atoms with Crippen LogP contribution in [-0.4, -0.2) is 40.9 Å². The van der Waals surface area contributed by atoms with E-state index in [1.54, 1.807) is 31.3 Å². The first-order chi connectivity index (χ1) is 13.4. The van der Waals surface area contributed by atoms with Gasteiger partial charge in [-0.15, -0.1) is 0 Å². The summed E-state index contributed by atoms with van der Waals surface area (Å²) in [5, 5.41) is 2.81. The lowest BCUT2D eigenvalue weighted by Crippen LogP contribution is -2.37. The number of amides is 1. The SMILES string of the molecule is Cc1cnc(C)c(N2CCC(C(=O)c3ccc4c(c3)NC(=O)C(C)O4)CC2)n1. The first-order valence-electron chi connectivity index (χ1n) is 9.63. The van der Waals surface area contributed by atoms with Gasteiger partial charge in [-0.25, -0.2) is 4.98 Å². The molecule has 0 bridgehead atoms. The summed E-state index contributed by atoms with van der Waals surface area (Å²) < 4.78 is 5.57. The number of carbonyl (C=O) groups is 2. The zero-order valence-corrected chi connectivity index (χ0v) is 16.4. The van der Waals surface area contributed by atoms with Crippen LogP contribution in [0.5, 0.6) is 5.75 Å². The number of hydrogen-bond donors (Lipinski definition) is 1. The normalized spacial score (nSPS) is 19.6. The molecule has 0 spiro atoms. The van der Waals surface area contributed by atoms with Gasteiger partial charge in [0.2, 0.25) is 0 Å². The molecule has 2 aromatic rings. The van der Waals surface area contributed by atoms with Crippen LogP contribution in [0.4, 0.5) is 11.5 Å². The minimum Gasteiger partial charge on any atom is -0.479 e. The van der Waals surface area contributed by atoms with E-state index in [1.807, 2.05) is 13.8 Å². The van der Waals surface area contributed by atoms with Gasteiger partial charge in [-0.05, 0) is 51.8 Å². The van der Waals surface area contributed by atoms with Crippen LogP contribution in [0.25, 0.3) is 0 Å². The fraction of sp³-hybridized carbons (Fsp3) is 0.429. The van der Waals surface area contributed by atoms with Crippen molar-refractivity contribution in [3.05, 3.63) is 41.3 Å². The number of nitrogens with zero attached hydrogens (tertiary/aromatic N) is 3. The summed E-state index contributed by atoms with van der Waals surface area (Å²) in [6.07, 6.45) is 2.79. The van der Waals surface area contributed by atoms with Crippen molar-refractivity contribution in [3.8, 4) is 5.75 Å². The van der Waals surface area contributed by atoms with E-state index in [0.29, 0.717) is 17.0 Å². The van der Waals surface area contributed by atoms with Gasteiger partial charge in [0.1, 0.15) is 11.6 Å². The number of fused-ring (bicyclic) bond motifs is 1. The number of Topliss-reactive ketones (excluding diaryl/α,β-unsaturated/α-hetero) is 1. The van der Waals surface area contributed by atoms with E-state index >= 15 is 0 Å². The first-order valence-corrected chi connectivity index (χ1v) is 9.63. The number of piperidine rings is 1. The smallest absolute Gasteiger partial charge is 0.265 e. The molecule has 4 rings (SSSR count). The average molecular weight is 380 g/mol. The van der Waals surface area contributed by atoms with Crippen LogP contribution >= 0.6 is 0 Å². The van der Waals surface area contributed by atoms with Crippen LogP contribution in [0.2, 0.25) is 0 Å². The second kappa shape index (κ2) is 7.22. The summed E-state index contributed by atoms with van der Waals surface area (Å²) in [5.74, 6) is 1.40. The molecule has 1 saturated heterocycles. The number of rotatable bonds is 3. The van der Waals surface area contributed by atoms with Gasteiger partial charge in [0, 0.05) is 30.8 Å². The molecule has 1 unspecified atom stereocenters. The lowest BCUT2D eigenvalue weighted by atomic mass is 9.88. The molecule has 1 N–H and O–H groups in total. The molecule has 146 valence electrons. The lowest BCUT2D eigenvalue weighted by Gasteiger charge is -2.33. The topological polar surface area (TPSA) is 84.4 Å². The Balaban J connectivity index is 1.45. The van der Waals surface area contributed by atoms with E-state index < -0.39 is 6.10 Å². The number of aryl methyl sites for hydroxylation is 2. The Morgan fingerprint density at radius 3 is 2.75 bits per heavy atom. The molecular formula is C21H24N4O3. The molecule has 0 radical (unpaired) electrons. The predicted octanol–water partition coefficient (Wildman–Crippen LogP) is 2.91. The lowest BCUT2D eigenvalue weighted by molar-refractivity contribution is -0.122. The molecule has 1 fully saturated rings. The van der Waals surface area contributed by atoms with Crippen LogP contribution in [0.1, 0.15) is 41.5 Å². The first kappa shape index (κ1) is 18.4. The predicted molar refractivity (Wildman–Crippen MR) is 106 cm³/mol. The second-order valence-corrected chi connectivity index (χ2v) is 7.51. The van der Waals surface area contributed by atoms with Gasteiger partial charge in [0.25, 0.3) is 5.91 Å². The Hall–Kier alpha value is -2.96. The van der Waals surface area contributed by atoms with Crippen molar-refractivity contribution in [1.29, 1.82) is 0 Å². The van der Waals surface area contributed by atoms with Crippen molar-refractivity contribution < 1.29 is 14.3 Å². The fourth-order valence-electron chi connectivity index (χ4n) is 3.78. The third-order valence-corrected chi connectivity index (χ3v) is 5.41. The van der Waals surface area contributed by atoms with Crippen molar-refractivity contribution in [2.45, 2.75) is 39.7 Å². The van der Waals surface area contributed by atoms with Crippen molar-refractivity contribution in [3.63, 3.8) is 0 Å². The molecule has 28 heavy (non-hydrogen) atoms. The second-order valence-electron chi connectivity index (χ2n) is 7.51. The largest absolute Gasteiger partial charge is 0.479 e. The molecule has 1 amide bonds. The van der Waals surface area contributed by atoms with Gasteiger partial charge in [0.15, 0.2) is 11.9 Å². The Morgan fingerprint density at radius 2 is 2.00 bits per heavy atom. The van der Waals surface area contributed by atoms with Crippen molar-refractivity contribution in [2.24, 2.45) is 5.92 Å². The van der Waals surface area contributed by atoms with Crippen molar-refractivity contribution in [2.75, 3.05) is 23.3 Å². The van der Waals surface area contributed by atoms with E-state index in [-0.39, 0.29) is 17.6 Å². The number of anilines is 2. The molecule has 1 atom stereocenters. The summed E-state index contributed by atoms with van der Waals surface area (Å²) in [6.45, 7) is 7.15. The van der Waals surface area contributed by atoms with Crippen molar-refractivity contribution in [1.82, 2.24) is 9.97 Å². The molecule has 1 aromatic heterocycles. The Morgan fingerprint density at radius 1 is 1.25 bits per heavy atom. The summed E-state index contributed by atoms with van der Waals surface area (Å²) in [6, 6.07) is 5.28. The third kappa shape index (κ3) is 3.44. The van der Waals surface area contributed by atoms with Crippen LogP contribution in [-0.2, 0) is 4.79 Å². The molecule has 2 aliphatic heterocycles. The highest BCUT2D eigenvalue weighted by molar-refractivity contribution is 6.02. The summed E-state index contributed by atoms with van der Waals surface area (Å²) in [7, 11) is 0. The standard InChI is InChI=1S/C21H24N4O3/c1-12-11-22-13(2)20(23-12)25-8-6-15(7-9-25)19(26)16-4-5-18-17(10-16)24-21(27)14(3)28-18/h4-5,10-11,14-15H,6-9H2,1-3H3,(H,24,27). The number of hydrogen-bond acceptors (Lipinski definition) is 6. The number of carbonyl (C=O) groups excluding carboxylic acids is 2. The Labute approximate surface area is 164 Å². The van der Waals surface area contributed by atoms with E-state index in [2.05, 4.69) is 20.2 Å². The van der Waals surface area contributed by atoms with Crippen LogP contribution < -0.4 is 15.0 Å². The number of nitrogens with one attached hydrogen (secondary N) is 1. The highest BCUT2D eigenvalue weighted by atomic mass is 16.5. The molecule has 7 nitrogen and oxygen atoms in total. The molecule has 0 aliphatic carbocycles. The maximum atomic E-state index is 13.0. The summed E-state index contributed by atoms with van der Waals surface area (Å²) in [5.41, 5.74) is 2.99. The van der Waals surface area contributed by atoms with Crippen LogP contribution in [0.3, 0.4) is 0 Å². The van der Waals surface area contributed by atoms with Crippen LogP contribution in [0.15, 0.2) is 24.4 Å². The zero-order valence-electron chi connectivity index (χ0n) is 16.4. The van der Waals surface area contributed by atoms with E-state index in [0.717, 1.165) is 43.1 Å². The van der Waals surface area contributed by atoms with Crippen LogP contribution in [0, 0.1) is 19.8 Å². The quantitative estimate of drug-likeness (QED) is 0.824. The van der Waals surface area contributed by atoms with E-state index in [1.165, 1.54) is 0 Å². The highest BCUT2D eigenvalue weighted by Gasteiger charge is 2.29. The number of ether oxygens (including phenoxy) is 1. The molecule has 7 heteroatoms. The van der Waals surface area contributed by atoms with Gasteiger partial charge in [-0.2, -0.15) is 0 Å². The Bertz CT molecular complexity index is 935. The Kier molecular flexibility index (Phi) is 4.75. The van der Waals surface area contributed by atoms with Gasteiger partial charge in [0.05, 0.1) is 17.1 Å². The van der Waals surface area contributed by atoms with Gasteiger partial charge < -0.3 is 15.0 Å². The monoisotopic (exact) mass is 380 g/mol. The number of aromatic nitrogens is 2. The van der Waals surface area contributed by atoms with E-state index in [4.69, 9.17) is 4.74 Å². The average Bonchev–Trinajstić information content (AvgIpc) is 2.70. The maximum Gasteiger partial charge on any atom is 0.265 e. The molecule has 2 aliphatic rings. The molecule has 1 aromatic carbocycles. The van der Waals surface area contributed by atoms with Crippen molar-refractivity contribution >= 4 is 23.2 Å². The maximum absolute atomic E-state index is 13.0. The number of ketones is 1. The summed E-state index contributed by atoms with van der Waals surface area (Å²) in [4.78, 5) is 36.0.